The molecule has 0 unspecified atom stereocenters. The van der Waals surface area contributed by atoms with E-state index in [-0.39, 0.29) is 0 Å². The predicted octanol–water partition coefficient (Wildman–Crippen LogP) is 6.50. The summed E-state index contributed by atoms with van der Waals surface area (Å²) >= 11 is 0. The Hall–Kier alpha value is -3.88. The second-order valence-electron chi connectivity index (χ2n) is 11.6. The molecule has 2 aliphatic heterocycles. The molecule has 8 nitrogen and oxygen atoms in total. The summed E-state index contributed by atoms with van der Waals surface area (Å²) in [6.45, 7) is 8.22. The molecule has 0 aliphatic carbocycles. The van der Waals surface area contributed by atoms with E-state index in [1.807, 2.05) is 30.3 Å². The molecule has 2 saturated heterocycles. The van der Waals surface area contributed by atoms with Crippen molar-refractivity contribution in [2.24, 2.45) is 0 Å². The van der Waals surface area contributed by atoms with E-state index in [1.54, 1.807) is 0 Å². The van der Waals surface area contributed by atoms with Gasteiger partial charge in [0.25, 0.3) is 0 Å². The van der Waals surface area contributed by atoms with Gasteiger partial charge in [0, 0.05) is 24.2 Å². The van der Waals surface area contributed by atoms with Crippen molar-refractivity contribution in [2.45, 2.75) is 38.5 Å². The fourth-order valence-corrected chi connectivity index (χ4v) is 6.16. The molecular formula is C34H40N6O2. The van der Waals surface area contributed by atoms with E-state index in [0.717, 1.165) is 82.6 Å². The normalized spacial score (nSPS) is 16.8. The molecule has 2 aliphatic rings. The number of fused-ring (bicyclic) bond motifs is 2. The van der Waals surface area contributed by atoms with Crippen LogP contribution in [0.15, 0.2) is 60.7 Å². The summed E-state index contributed by atoms with van der Waals surface area (Å²) in [4.78, 5) is 21.7. The zero-order chi connectivity index (χ0) is 28.1. The number of hydrogen-bond acceptors (Lipinski definition) is 6. The fraction of sp³-hybridized carbons (Fsp3) is 0.412. The summed E-state index contributed by atoms with van der Waals surface area (Å²) in [7, 11) is 0. The minimum absolute atomic E-state index is 0.724. The van der Waals surface area contributed by atoms with Gasteiger partial charge >= 0.3 is 0 Å². The van der Waals surface area contributed by atoms with Gasteiger partial charge in [0.2, 0.25) is 0 Å². The van der Waals surface area contributed by atoms with E-state index in [2.05, 4.69) is 50.1 Å². The number of rotatable bonds is 10. The van der Waals surface area contributed by atoms with E-state index >= 15 is 0 Å². The molecule has 4 heterocycles. The lowest BCUT2D eigenvalue weighted by Crippen LogP contribution is -2.33. The number of H-pyrrole nitrogens is 2. The van der Waals surface area contributed by atoms with Crippen molar-refractivity contribution in [3.8, 4) is 34.3 Å². The van der Waals surface area contributed by atoms with E-state index < -0.39 is 0 Å². The maximum Gasteiger partial charge on any atom is 0.138 e. The van der Waals surface area contributed by atoms with Gasteiger partial charge in [-0.25, -0.2) is 9.97 Å². The molecule has 0 saturated carbocycles. The second-order valence-corrected chi connectivity index (χ2v) is 11.6. The molecule has 218 valence electrons. The molecule has 3 aromatic carbocycles. The lowest BCUT2D eigenvalue weighted by Gasteiger charge is -2.26. The highest BCUT2D eigenvalue weighted by Crippen LogP contribution is 2.28. The molecular weight excluding hydrogens is 524 g/mol. The van der Waals surface area contributed by atoms with Gasteiger partial charge in [-0.1, -0.05) is 12.8 Å². The van der Waals surface area contributed by atoms with E-state index in [9.17, 15) is 0 Å². The largest absolute Gasteiger partial charge is 0.492 e. The third-order valence-electron chi connectivity index (χ3n) is 8.59. The van der Waals surface area contributed by atoms with Crippen LogP contribution in [0, 0.1) is 0 Å². The van der Waals surface area contributed by atoms with Crippen LogP contribution < -0.4 is 9.47 Å². The third-order valence-corrected chi connectivity index (χ3v) is 8.59. The number of aromatic amines is 2. The van der Waals surface area contributed by atoms with Crippen LogP contribution in [-0.2, 0) is 0 Å². The molecule has 0 spiro atoms. The Balaban J connectivity index is 0.977. The van der Waals surface area contributed by atoms with Gasteiger partial charge in [-0.2, -0.15) is 0 Å². The summed E-state index contributed by atoms with van der Waals surface area (Å²) in [5.74, 6) is 3.48. The molecule has 0 amide bonds. The van der Waals surface area contributed by atoms with Gasteiger partial charge in [0.15, 0.2) is 0 Å². The molecule has 0 atom stereocenters. The number of benzene rings is 3. The topological polar surface area (TPSA) is 82.3 Å². The van der Waals surface area contributed by atoms with Crippen LogP contribution in [-0.4, -0.2) is 82.2 Å². The first kappa shape index (κ1) is 27.0. The number of nitrogens with zero attached hydrogens (tertiary/aromatic N) is 4. The number of piperidine rings is 2. The number of aromatic nitrogens is 4. The van der Waals surface area contributed by atoms with Gasteiger partial charge in [-0.3, -0.25) is 9.80 Å². The van der Waals surface area contributed by atoms with Crippen molar-refractivity contribution in [2.75, 3.05) is 52.5 Å². The first-order chi connectivity index (χ1) is 20.8. The maximum absolute atomic E-state index is 6.00. The van der Waals surface area contributed by atoms with Crippen molar-refractivity contribution >= 4 is 22.1 Å². The van der Waals surface area contributed by atoms with Crippen LogP contribution in [0.25, 0.3) is 44.8 Å². The Morgan fingerprint density at radius 1 is 0.548 bits per heavy atom. The highest BCUT2D eigenvalue weighted by Gasteiger charge is 2.13. The molecule has 8 heteroatoms. The molecule has 2 fully saturated rings. The average Bonchev–Trinajstić information content (AvgIpc) is 3.65. The first-order valence-corrected chi connectivity index (χ1v) is 15.6. The minimum atomic E-state index is 0.724. The molecule has 2 N–H and O–H groups in total. The summed E-state index contributed by atoms with van der Waals surface area (Å²) in [5.41, 5.74) is 5.82. The summed E-state index contributed by atoms with van der Waals surface area (Å²) < 4.78 is 12.0. The smallest absolute Gasteiger partial charge is 0.138 e. The lowest BCUT2D eigenvalue weighted by atomic mass is 10.1. The Labute approximate surface area is 247 Å². The highest BCUT2D eigenvalue weighted by molar-refractivity contribution is 5.94. The molecule has 5 aromatic rings. The van der Waals surface area contributed by atoms with Gasteiger partial charge in [-0.05, 0) is 113 Å². The van der Waals surface area contributed by atoms with Crippen LogP contribution in [0.4, 0.5) is 0 Å². The Kier molecular flexibility index (Phi) is 8.06. The fourth-order valence-electron chi connectivity index (χ4n) is 6.16. The Morgan fingerprint density at radius 3 is 1.40 bits per heavy atom. The molecule has 42 heavy (non-hydrogen) atoms. The van der Waals surface area contributed by atoms with Gasteiger partial charge in [0.1, 0.15) is 36.4 Å². The number of imidazole rings is 2. The number of nitrogens with one attached hydrogen (secondary N) is 2. The first-order valence-electron chi connectivity index (χ1n) is 15.6. The summed E-state index contributed by atoms with van der Waals surface area (Å²) in [5, 5.41) is 0. The monoisotopic (exact) mass is 564 g/mol. The van der Waals surface area contributed by atoms with Crippen LogP contribution in [0.5, 0.6) is 11.5 Å². The van der Waals surface area contributed by atoms with Crippen molar-refractivity contribution in [3.63, 3.8) is 0 Å². The Bertz CT molecular complexity index is 1430. The highest BCUT2D eigenvalue weighted by atomic mass is 16.5. The number of likely N-dealkylation sites (tertiary alicyclic amines) is 2. The van der Waals surface area contributed by atoms with E-state index in [0.29, 0.717) is 0 Å². The third kappa shape index (κ3) is 6.30. The van der Waals surface area contributed by atoms with E-state index in [1.165, 1.54) is 64.7 Å². The molecule has 0 radical (unpaired) electrons. The van der Waals surface area contributed by atoms with Crippen molar-refractivity contribution in [1.82, 2.24) is 29.7 Å². The molecule has 2 aromatic heterocycles. The summed E-state index contributed by atoms with van der Waals surface area (Å²) in [6, 6.07) is 20.5. The Morgan fingerprint density at radius 2 is 0.976 bits per heavy atom. The van der Waals surface area contributed by atoms with Crippen LogP contribution in [0.1, 0.15) is 38.5 Å². The van der Waals surface area contributed by atoms with E-state index in [4.69, 9.17) is 19.4 Å². The number of ether oxygens (including phenoxy) is 2. The van der Waals surface area contributed by atoms with Crippen LogP contribution >= 0.6 is 0 Å². The predicted molar refractivity (Wildman–Crippen MR) is 168 cm³/mol. The lowest BCUT2D eigenvalue weighted by molar-refractivity contribution is 0.183. The standard InChI is InChI=1S/C34H40N6O2/c1-3-15-39(16-4-1)19-21-41-27-11-7-25(8-12-27)33-35-29-23-31-32(24-30(29)36-33)38-34(37-31)26-9-13-28(14-10-26)42-22-20-40-17-5-2-6-18-40/h7-14,23-24H,1-6,15-22H2,(H,35,36)(H,37,38). The van der Waals surface area contributed by atoms with Crippen molar-refractivity contribution < 1.29 is 9.47 Å². The average molecular weight is 565 g/mol. The quantitative estimate of drug-likeness (QED) is 0.201. The van der Waals surface area contributed by atoms with Crippen molar-refractivity contribution in [1.29, 1.82) is 0 Å². The van der Waals surface area contributed by atoms with Gasteiger partial charge in [-0.15, -0.1) is 0 Å². The zero-order valence-electron chi connectivity index (χ0n) is 24.3. The summed E-state index contributed by atoms with van der Waals surface area (Å²) in [6.07, 6.45) is 7.95. The van der Waals surface area contributed by atoms with Crippen molar-refractivity contribution in [3.05, 3.63) is 60.7 Å². The minimum Gasteiger partial charge on any atom is -0.492 e. The number of hydrogen-bond donors (Lipinski definition) is 2. The molecule has 0 bridgehead atoms. The SMILES string of the molecule is c1cc(-c2nc3cc4nc(-c5ccc(OCCN6CCCCC6)cc5)[nH]c4cc3[nH]2)ccc1OCCN1CCCCC1. The van der Waals surface area contributed by atoms with Gasteiger partial charge in [0.05, 0.1) is 22.1 Å². The maximum atomic E-state index is 6.00. The van der Waals surface area contributed by atoms with Crippen LogP contribution in [0.3, 0.4) is 0 Å². The van der Waals surface area contributed by atoms with Crippen LogP contribution in [0.2, 0.25) is 0 Å². The zero-order valence-corrected chi connectivity index (χ0v) is 24.3. The van der Waals surface area contributed by atoms with Gasteiger partial charge < -0.3 is 19.4 Å². The molecule has 7 rings (SSSR count). The second kappa shape index (κ2) is 12.5.